The van der Waals surface area contributed by atoms with E-state index >= 15 is 0 Å². The Morgan fingerprint density at radius 3 is 2.19 bits per heavy atom. The standard InChI is InChI=1S/C13H28AsO11PS/c1-14(2,27)3-10-11(18)12(19)13(25-10)22-5-9(17)7-24-26(20,21)23-6-8(16)4-15/h8-13,15-19H,3-7H2,1-2H3,(H,20,21). The number of aliphatic hydroxyl groups is 5. The van der Waals surface area contributed by atoms with Gasteiger partial charge in [0.25, 0.3) is 0 Å². The Morgan fingerprint density at radius 2 is 1.67 bits per heavy atom. The first kappa shape index (κ1) is 25.6. The minimum absolute atomic E-state index is 0.405. The first-order valence-electron chi connectivity index (χ1n) is 8.10. The molecule has 0 bridgehead atoms. The average molecular weight is 498 g/mol. The van der Waals surface area contributed by atoms with Crippen LogP contribution in [0.2, 0.25) is 16.6 Å². The van der Waals surface area contributed by atoms with Crippen molar-refractivity contribution in [3.63, 3.8) is 0 Å². The van der Waals surface area contributed by atoms with Crippen molar-refractivity contribution in [1.82, 2.24) is 0 Å². The van der Waals surface area contributed by atoms with Crippen LogP contribution in [0, 0.1) is 0 Å². The molecule has 6 N–H and O–H groups in total. The van der Waals surface area contributed by atoms with Crippen molar-refractivity contribution in [3.8, 4) is 0 Å². The van der Waals surface area contributed by atoms with Crippen molar-refractivity contribution >= 4 is 30.1 Å². The first-order valence-corrected chi connectivity index (χ1v) is 17.3. The Labute approximate surface area is 163 Å². The van der Waals surface area contributed by atoms with E-state index in [1.807, 2.05) is 11.4 Å². The zero-order valence-electron chi connectivity index (χ0n) is 15.0. The normalized spacial score (nSPS) is 30.8. The maximum absolute atomic E-state index is 11.5. The van der Waals surface area contributed by atoms with Gasteiger partial charge < -0.3 is 10.2 Å². The summed E-state index contributed by atoms with van der Waals surface area (Å²) in [4.78, 5) is 9.37. The van der Waals surface area contributed by atoms with Crippen LogP contribution in [-0.4, -0.2) is 106 Å². The van der Waals surface area contributed by atoms with Crippen LogP contribution < -0.4 is 0 Å². The zero-order valence-corrected chi connectivity index (χ0v) is 18.6. The van der Waals surface area contributed by atoms with Gasteiger partial charge in [0.2, 0.25) is 0 Å². The third kappa shape index (κ3) is 9.77. The summed E-state index contributed by atoms with van der Waals surface area (Å²) in [6.45, 7) is -2.32. The molecule has 0 aromatic heterocycles. The van der Waals surface area contributed by atoms with E-state index in [-0.39, 0.29) is 0 Å². The van der Waals surface area contributed by atoms with Crippen LogP contribution in [0.15, 0.2) is 0 Å². The van der Waals surface area contributed by atoms with Gasteiger partial charge in [-0.2, -0.15) is 0 Å². The molecule has 162 valence electrons. The van der Waals surface area contributed by atoms with Gasteiger partial charge in [0.05, 0.1) is 6.61 Å². The Bertz CT molecular complexity index is 546. The minimum atomic E-state index is -4.53. The maximum atomic E-state index is 11.5. The van der Waals surface area contributed by atoms with Gasteiger partial charge in [-0.1, -0.05) is 0 Å². The third-order valence-corrected chi connectivity index (χ3v) is 7.79. The topological polar surface area (TPSA) is 175 Å². The summed E-state index contributed by atoms with van der Waals surface area (Å²) < 4.78 is 31.2. The molecule has 0 aromatic rings. The number of hydrogen-bond acceptors (Lipinski definition) is 11. The molecule has 0 aromatic carbocycles. The Kier molecular flexibility index (Phi) is 10.6. The van der Waals surface area contributed by atoms with Gasteiger partial charge in [-0.15, -0.1) is 0 Å². The molecular weight excluding hydrogens is 470 g/mol. The molecule has 0 aliphatic carbocycles. The molecule has 0 amide bonds. The third-order valence-electron chi connectivity index (χ3n) is 3.46. The van der Waals surface area contributed by atoms with Gasteiger partial charge in [0, 0.05) is 0 Å². The van der Waals surface area contributed by atoms with Crippen LogP contribution >= 0.6 is 18.2 Å². The van der Waals surface area contributed by atoms with Crippen LogP contribution in [0.1, 0.15) is 0 Å². The number of rotatable bonds is 12. The number of aliphatic hydroxyl groups excluding tert-OH is 5. The number of ether oxygens (including phenoxy) is 2. The second kappa shape index (κ2) is 11.1. The van der Waals surface area contributed by atoms with Crippen LogP contribution in [-0.2, 0) is 23.1 Å². The second-order valence-electron chi connectivity index (χ2n) is 6.66. The van der Waals surface area contributed by atoms with Gasteiger partial charge in [-0.25, -0.2) is 0 Å². The molecule has 0 spiro atoms. The molecule has 7 atom stereocenters. The van der Waals surface area contributed by atoms with E-state index in [2.05, 4.69) is 9.05 Å². The fraction of sp³-hybridized carbons (Fsp3) is 1.00. The van der Waals surface area contributed by atoms with Crippen LogP contribution in [0.25, 0.3) is 0 Å². The fourth-order valence-electron chi connectivity index (χ4n) is 2.14. The van der Waals surface area contributed by atoms with Crippen LogP contribution in [0.5, 0.6) is 0 Å². The van der Waals surface area contributed by atoms with Crippen molar-refractivity contribution in [2.45, 2.75) is 53.4 Å². The van der Waals surface area contributed by atoms with Crippen LogP contribution in [0.3, 0.4) is 0 Å². The summed E-state index contributed by atoms with van der Waals surface area (Å²) in [5.41, 5.74) is 3.89. The van der Waals surface area contributed by atoms with Gasteiger partial charge in [-0.3, -0.25) is 0 Å². The molecule has 1 fully saturated rings. The molecule has 1 heterocycles. The first-order chi connectivity index (χ1) is 12.3. The van der Waals surface area contributed by atoms with E-state index in [0.29, 0.717) is 5.21 Å². The van der Waals surface area contributed by atoms with Crippen molar-refractivity contribution < 1.29 is 53.5 Å². The van der Waals surface area contributed by atoms with E-state index in [9.17, 15) is 24.8 Å². The number of phosphoric ester groups is 1. The Balaban J connectivity index is 2.38. The molecular formula is C13H28AsO11PS. The summed E-state index contributed by atoms with van der Waals surface area (Å²) in [7, 11) is 0.852. The van der Waals surface area contributed by atoms with Gasteiger partial charge in [0.1, 0.15) is 6.10 Å². The average Bonchev–Trinajstić information content (AvgIpc) is 2.82. The summed E-state index contributed by atoms with van der Waals surface area (Å²) in [5, 5.41) is 47.9. The summed E-state index contributed by atoms with van der Waals surface area (Å²) in [6.07, 6.45) is -6.98. The summed E-state index contributed by atoms with van der Waals surface area (Å²) in [6, 6.07) is 0. The molecule has 0 saturated carbocycles. The predicted octanol–water partition coefficient (Wildman–Crippen LogP) is -1.30. The van der Waals surface area contributed by atoms with Crippen molar-refractivity contribution in [2.75, 3.05) is 26.4 Å². The fourth-order valence-corrected chi connectivity index (χ4v) is 6.15. The molecule has 11 nitrogen and oxygen atoms in total. The van der Waals surface area contributed by atoms with Crippen molar-refractivity contribution in [3.05, 3.63) is 0 Å². The second-order valence-corrected chi connectivity index (χ2v) is 20.6. The van der Waals surface area contributed by atoms with E-state index < -0.39 is 82.9 Å². The molecule has 1 aliphatic rings. The molecule has 7 unspecified atom stereocenters. The zero-order chi connectivity index (χ0) is 20.8. The SMILES string of the molecule is C[As](C)(=S)CC1OC(OCC(O)COP(=O)(O)OCC(O)CO)C(O)C1O. The molecule has 27 heavy (non-hydrogen) atoms. The van der Waals surface area contributed by atoms with E-state index in [4.69, 9.17) is 30.1 Å². The van der Waals surface area contributed by atoms with Crippen molar-refractivity contribution in [2.24, 2.45) is 0 Å². The predicted molar refractivity (Wildman–Crippen MR) is 97.3 cm³/mol. The van der Waals surface area contributed by atoms with Gasteiger partial charge in [0.15, 0.2) is 0 Å². The molecule has 1 rings (SSSR count). The van der Waals surface area contributed by atoms with Gasteiger partial charge >= 0.3 is 141 Å². The molecule has 1 saturated heterocycles. The van der Waals surface area contributed by atoms with Gasteiger partial charge in [-0.05, 0) is 0 Å². The molecule has 14 heteroatoms. The summed E-state index contributed by atoms with van der Waals surface area (Å²) in [5.74, 6) is 0. The molecule has 1 aliphatic heterocycles. The Morgan fingerprint density at radius 1 is 1.11 bits per heavy atom. The quantitative estimate of drug-likeness (QED) is 0.139. The number of phosphoric acid groups is 1. The monoisotopic (exact) mass is 498 g/mol. The summed E-state index contributed by atoms with van der Waals surface area (Å²) >= 11 is -2.30. The van der Waals surface area contributed by atoms with E-state index in [1.165, 1.54) is 0 Å². The molecule has 0 radical (unpaired) electrons. The van der Waals surface area contributed by atoms with E-state index in [0.717, 1.165) is 0 Å². The van der Waals surface area contributed by atoms with Crippen LogP contribution in [0.4, 0.5) is 0 Å². The Hall–Kier alpha value is 0.608. The van der Waals surface area contributed by atoms with E-state index in [1.54, 1.807) is 0 Å². The number of hydrogen-bond donors (Lipinski definition) is 6. The van der Waals surface area contributed by atoms with Crippen molar-refractivity contribution in [1.29, 1.82) is 0 Å².